The van der Waals surface area contributed by atoms with Gasteiger partial charge in [0.05, 0.1) is 21.5 Å². The van der Waals surface area contributed by atoms with Gasteiger partial charge >= 0.3 is 0 Å². The van der Waals surface area contributed by atoms with E-state index < -0.39 is 4.92 Å². The van der Waals surface area contributed by atoms with Crippen molar-refractivity contribution in [3.05, 3.63) is 146 Å². The number of benzene rings is 4. The maximum atomic E-state index is 13.6. The average Bonchev–Trinajstić information content (AvgIpc) is 3.23. The second kappa shape index (κ2) is 9.87. The van der Waals surface area contributed by atoms with Crippen LogP contribution >= 0.6 is 0 Å². The van der Waals surface area contributed by atoms with Crippen LogP contribution in [0.3, 0.4) is 0 Å². The van der Waals surface area contributed by atoms with E-state index in [2.05, 4.69) is 35.8 Å². The summed E-state index contributed by atoms with van der Waals surface area (Å²) in [4.78, 5) is 29.1. The van der Waals surface area contributed by atoms with Crippen LogP contribution in [0.1, 0.15) is 22.6 Å². The van der Waals surface area contributed by atoms with E-state index in [-0.39, 0.29) is 11.2 Å². The van der Waals surface area contributed by atoms with Gasteiger partial charge in [-0.05, 0) is 55.0 Å². The highest BCUT2D eigenvalue weighted by molar-refractivity contribution is 5.94. The minimum atomic E-state index is -0.458. The van der Waals surface area contributed by atoms with Crippen molar-refractivity contribution in [1.29, 1.82) is 0 Å². The molecule has 0 fully saturated rings. The van der Waals surface area contributed by atoms with Crippen molar-refractivity contribution < 1.29 is 4.92 Å². The van der Waals surface area contributed by atoms with E-state index in [9.17, 15) is 14.9 Å². The van der Waals surface area contributed by atoms with Gasteiger partial charge in [-0.15, -0.1) is 0 Å². The first kappa shape index (κ1) is 24.1. The molecule has 0 saturated carbocycles. The lowest BCUT2D eigenvalue weighted by atomic mass is 10.1. The first-order valence-electron chi connectivity index (χ1n) is 12.6. The molecule has 0 atom stereocenters. The Labute approximate surface area is 224 Å². The van der Waals surface area contributed by atoms with Gasteiger partial charge in [-0.1, -0.05) is 60.7 Å². The third-order valence-corrected chi connectivity index (χ3v) is 6.98. The number of rotatable bonds is 6. The molecular weight excluding hydrogens is 488 g/mol. The van der Waals surface area contributed by atoms with Crippen LogP contribution in [0, 0.1) is 17.0 Å². The van der Waals surface area contributed by atoms with Gasteiger partial charge in [0, 0.05) is 40.8 Å². The highest BCUT2D eigenvalue weighted by atomic mass is 16.6. The summed E-state index contributed by atoms with van der Waals surface area (Å²) in [6.07, 6.45) is 3.84. The molecule has 0 saturated heterocycles. The van der Waals surface area contributed by atoms with E-state index in [1.165, 1.54) is 22.3 Å². The van der Waals surface area contributed by atoms with Gasteiger partial charge in [-0.25, -0.2) is 4.98 Å². The minimum Gasteiger partial charge on any atom is -0.340 e. The summed E-state index contributed by atoms with van der Waals surface area (Å²) < 4.78 is 3.79. The second-order valence-corrected chi connectivity index (χ2v) is 9.32. The van der Waals surface area contributed by atoms with Crippen LogP contribution in [0.15, 0.2) is 108 Å². The molecule has 6 rings (SSSR count). The lowest BCUT2D eigenvalue weighted by Crippen LogP contribution is -2.22. The van der Waals surface area contributed by atoms with Crippen LogP contribution in [-0.4, -0.2) is 19.0 Å². The van der Waals surface area contributed by atoms with Gasteiger partial charge in [0.15, 0.2) is 0 Å². The maximum absolute atomic E-state index is 13.6. The van der Waals surface area contributed by atoms with Crippen molar-refractivity contribution in [2.45, 2.75) is 13.5 Å². The Kier molecular flexibility index (Phi) is 6.09. The summed E-state index contributed by atoms with van der Waals surface area (Å²) in [5.74, 6) is 0.437. The van der Waals surface area contributed by atoms with Gasteiger partial charge in [-0.2, -0.15) is 0 Å². The molecular formula is C32H24N4O3. The lowest BCUT2D eigenvalue weighted by molar-refractivity contribution is -0.384. The van der Waals surface area contributed by atoms with Crippen LogP contribution in [0.5, 0.6) is 0 Å². The van der Waals surface area contributed by atoms with E-state index in [0.717, 1.165) is 28.7 Å². The number of fused-ring (bicyclic) bond motifs is 2. The first-order valence-corrected chi connectivity index (χ1v) is 12.6. The third kappa shape index (κ3) is 4.40. The molecule has 39 heavy (non-hydrogen) atoms. The number of non-ortho nitro benzene ring substituents is 1. The summed E-state index contributed by atoms with van der Waals surface area (Å²) in [6, 6.07) is 31.7. The van der Waals surface area contributed by atoms with E-state index in [0.29, 0.717) is 22.4 Å². The second-order valence-electron chi connectivity index (χ2n) is 9.32. The van der Waals surface area contributed by atoms with Gasteiger partial charge in [0.1, 0.15) is 5.82 Å². The quantitative estimate of drug-likeness (QED) is 0.182. The minimum absolute atomic E-state index is 0.0421. The number of para-hydroxylation sites is 2. The Hall–Kier alpha value is -5.30. The summed E-state index contributed by atoms with van der Waals surface area (Å²) >= 11 is 0. The molecule has 2 heterocycles. The summed E-state index contributed by atoms with van der Waals surface area (Å²) in [5, 5.41) is 12.8. The highest BCUT2D eigenvalue weighted by Crippen LogP contribution is 2.29. The Balaban J connectivity index is 1.51. The number of hydrogen-bond acceptors (Lipinski definition) is 4. The Morgan fingerprint density at radius 3 is 2.23 bits per heavy atom. The molecule has 7 nitrogen and oxygen atoms in total. The van der Waals surface area contributed by atoms with Crippen molar-refractivity contribution in [3.8, 4) is 5.69 Å². The van der Waals surface area contributed by atoms with Gasteiger partial charge in [0.2, 0.25) is 0 Å². The highest BCUT2D eigenvalue weighted by Gasteiger charge is 2.15. The van der Waals surface area contributed by atoms with Crippen molar-refractivity contribution in [2.24, 2.45) is 0 Å². The van der Waals surface area contributed by atoms with Gasteiger partial charge in [0.25, 0.3) is 11.2 Å². The molecule has 7 heteroatoms. The molecule has 0 aliphatic rings. The fourth-order valence-corrected chi connectivity index (χ4v) is 5.03. The fraction of sp³-hybridized carbons (Fsp3) is 0.0625. The number of nitro groups is 1. The summed E-state index contributed by atoms with van der Waals surface area (Å²) in [5.41, 5.74) is 5.28. The predicted octanol–water partition coefficient (Wildman–Crippen LogP) is 6.78. The van der Waals surface area contributed by atoms with Crippen molar-refractivity contribution in [3.63, 3.8) is 0 Å². The molecule has 0 aliphatic carbocycles. The van der Waals surface area contributed by atoms with Crippen LogP contribution in [0.4, 0.5) is 5.69 Å². The van der Waals surface area contributed by atoms with Crippen molar-refractivity contribution >= 4 is 39.6 Å². The van der Waals surface area contributed by atoms with E-state index in [4.69, 9.17) is 4.98 Å². The Morgan fingerprint density at radius 2 is 1.49 bits per heavy atom. The summed E-state index contributed by atoms with van der Waals surface area (Å²) in [6.45, 7) is 2.84. The molecule has 4 aromatic carbocycles. The smallest absolute Gasteiger partial charge is 0.269 e. The maximum Gasteiger partial charge on any atom is 0.269 e. The zero-order chi connectivity index (χ0) is 26.9. The van der Waals surface area contributed by atoms with E-state index >= 15 is 0 Å². The third-order valence-electron chi connectivity index (χ3n) is 6.98. The number of nitrogens with zero attached hydrogens (tertiary/aromatic N) is 4. The SMILES string of the molecule is Cc1c(C=Cc2nc3ccccc3c(=O)n2-c2ccc([N+](=O)[O-])cc2)c2ccccc2n1Cc1ccccc1. The Bertz CT molecular complexity index is 1940. The van der Waals surface area contributed by atoms with Gasteiger partial charge in [-0.3, -0.25) is 19.5 Å². The van der Waals surface area contributed by atoms with Crippen LogP contribution < -0.4 is 5.56 Å². The molecule has 0 radical (unpaired) electrons. The molecule has 0 bridgehead atoms. The standard InChI is InChI=1S/C32H24N4O3/c1-22-26(27-11-6-8-14-30(27)34(22)21-23-9-3-2-4-10-23)19-20-31-33-29-13-7-5-12-28(29)32(37)35(31)24-15-17-25(18-16-24)36(38)39/h2-20H,21H2,1H3. The Morgan fingerprint density at radius 1 is 0.821 bits per heavy atom. The first-order chi connectivity index (χ1) is 19.0. The molecule has 0 amide bonds. The zero-order valence-corrected chi connectivity index (χ0v) is 21.2. The predicted molar refractivity (Wildman–Crippen MR) is 155 cm³/mol. The molecule has 0 N–H and O–H groups in total. The van der Waals surface area contributed by atoms with Crippen LogP contribution in [-0.2, 0) is 6.54 Å². The molecule has 2 aromatic heterocycles. The molecule has 0 aliphatic heterocycles. The van der Waals surface area contributed by atoms with E-state index in [1.807, 2.05) is 54.6 Å². The normalized spacial score (nSPS) is 11.5. The fourth-order valence-electron chi connectivity index (χ4n) is 5.03. The zero-order valence-electron chi connectivity index (χ0n) is 21.2. The van der Waals surface area contributed by atoms with Crippen LogP contribution in [0.2, 0.25) is 0 Å². The summed E-state index contributed by atoms with van der Waals surface area (Å²) in [7, 11) is 0. The largest absolute Gasteiger partial charge is 0.340 e. The topological polar surface area (TPSA) is 83.0 Å². The monoisotopic (exact) mass is 512 g/mol. The molecule has 6 aromatic rings. The average molecular weight is 513 g/mol. The van der Waals surface area contributed by atoms with E-state index in [1.54, 1.807) is 24.3 Å². The van der Waals surface area contributed by atoms with Crippen LogP contribution in [0.25, 0.3) is 39.6 Å². The molecule has 0 spiro atoms. The van der Waals surface area contributed by atoms with Crippen molar-refractivity contribution in [1.82, 2.24) is 14.1 Å². The number of hydrogen-bond donors (Lipinski definition) is 0. The van der Waals surface area contributed by atoms with Crippen molar-refractivity contribution in [2.75, 3.05) is 0 Å². The number of nitro benzene ring substituents is 1. The molecule has 190 valence electrons. The lowest BCUT2D eigenvalue weighted by Gasteiger charge is -2.11. The molecule has 0 unspecified atom stereocenters. The van der Waals surface area contributed by atoms with Gasteiger partial charge < -0.3 is 4.57 Å². The number of aromatic nitrogens is 3.